The van der Waals surface area contributed by atoms with Gasteiger partial charge in [-0.05, 0) is 19.8 Å². The fourth-order valence-corrected chi connectivity index (χ4v) is 4.28. The van der Waals surface area contributed by atoms with E-state index in [0.29, 0.717) is 24.6 Å². The first-order valence-corrected chi connectivity index (χ1v) is 8.68. The minimum atomic E-state index is -3.44. The summed E-state index contributed by atoms with van der Waals surface area (Å²) in [6.07, 6.45) is 5.26. The maximum atomic E-state index is 12.6. The van der Waals surface area contributed by atoms with E-state index in [2.05, 4.69) is 0 Å². The van der Waals surface area contributed by atoms with Gasteiger partial charge in [-0.15, -0.1) is 11.6 Å². The summed E-state index contributed by atoms with van der Waals surface area (Å²) >= 11 is 5.69. The van der Waals surface area contributed by atoms with Crippen molar-refractivity contribution in [1.82, 2.24) is 4.31 Å². The lowest BCUT2D eigenvalue weighted by atomic mass is 10.1. The molecule has 4 nitrogen and oxygen atoms in total. The number of rotatable bonds is 3. The SMILES string of the molecule is Cc1oc(CCl)cc1S(=O)(=O)N1CCCCCCC1. The van der Waals surface area contributed by atoms with Gasteiger partial charge in [-0.1, -0.05) is 19.3 Å². The van der Waals surface area contributed by atoms with Crippen LogP contribution in [0.25, 0.3) is 0 Å². The Bertz CT molecular complexity index is 516. The molecule has 0 bridgehead atoms. The summed E-state index contributed by atoms with van der Waals surface area (Å²) in [5, 5.41) is 0. The van der Waals surface area contributed by atoms with Crippen LogP contribution in [0.4, 0.5) is 0 Å². The topological polar surface area (TPSA) is 50.5 Å². The van der Waals surface area contributed by atoms with Crippen LogP contribution in [0.5, 0.6) is 0 Å². The molecule has 0 aromatic carbocycles. The number of halogens is 1. The third-order valence-electron chi connectivity index (χ3n) is 3.49. The van der Waals surface area contributed by atoms with Crippen molar-refractivity contribution in [1.29, 1.82) is 0 Å². The molecule has 19 heavy (non-hydrogen) atoms. The van der Waals surface area contributed by atoms with Gasteiger partial charge in [0.25, 0.3) is 0 Å². The van der Waals surface area contributed by atoms with E-state index >= 15 is 0 Å². The zero-order valence-electron chi connectivity index (χ0n) is 11.2. The summed E-state index contributed by atoms with van der Waals surface area (Å²) < 4.78 is 32.2. The molecule has 2 rings (SSSR count). The Labute approximate surface area is 119 Å². The number of alkyl halides is 1. The minimum absolute atomic E-state index is 0.191. The molecular weight excluding hydrogens is 286 g/mol. The molecule has 1 aromatic rings. The fraction of sp³-hybridized carbons (Fsp3) is 0.692. The van der Waals surface area contributed by atoms with Gasteiger partial charge in [-0.2, -0.15) is 4.31 Å². The highest BCUT2D eigenvalue weighted by atomic mass is 35.5. The molecule has 6 heteroatoms. The van der Waals surface area contributed by atoms with Crippen LogP contribution >= 0.6 is 11.6 Å². The lowest BCUT2D eigenvalue weighted by Crippen LogP contribution is -2.34. The Morgan fingerprint density at radius 3 is 2.32 bits per heavy atom. The van der Waals surface area contributed by atoms with Crippen LogP contribution in [0.2, 0.25) is 0 Å². The van der Waals surface area contributed by atoms with Crippen molar-refractivity contribution in [3.8, 4) is 0 Å². The summed E-state index contributed by atoms with van der Waals surface area (Å²) in [5.41, 5.74) is 0. The zero-order chi connectivity index (χ0) is 13.9. The average Bonchev–Trinajstić information content (AvgIpc) is 2.70. The molecule has 0 radical (unpaired) electrons. The second-order valence-electron chi connectivity index (χ2n) is 4.94. The molecule has 1 aliphatic heterocycles. The normalized spacial score (nSPS) is 19.1. The van der Waals surface area contributed by atoms with E-state index in [0.717, 1.165) is 25.7 Å². The highest BCUT2D eigenvalue weighted by Crippen LogP contribution is 2.26. The fourth-order valence-electron chi connectivity index (χ4n) is 2.44. The van der Waals surface area contributed by atoms with E-state index in [1.165, 1.54) is 6.42 Å². The number of hydrogen-bond donors (Lipinski definition) is 0. The van der Waals surface area contributed by atoms with Crippen molar-refractivity contribution < 1.29 is 12.8 Å². The van der Waals surface area contributed by atoms with Gasteiger partial charge in [0, 0.05) is 19.2 Å². The van der Waals surface area contributed by atoms with Crippen LogP contribution in [0.3, 0.4) is 0 Å². The summed E-state index contributed by atoms with van der Waals surface area (Å²) in [7, 11) is -3.44. The van der Waals surface area contributed by atoms with Crippen LogP contribution in [0.15, 0.2) is 15.4 Å². The van der Waals surface area contributed by atoms with E-state index in [1.54, 1.807) is 17.3 Å². The lowest BCUT2D eigenvalue weighted by Gasteiger charge is -2.23. The van der Waals surface area contributed by atoms with Crippen LogP contribution in [0, 0.1) is 6.92 Å². The van der Waals surface area contributed by atoms with Gasteiger partial charge in [0.15, 0.2) is 0 Å². The molecular formula is C13H20ClNO3S. The molecule has 0 unspecified atom stereocenters. The van der Waals surface area contributed by atoms with Crippen molar-refractivity contribution in [2.75, 3.05) is 13.1 Å². The van der Waals surface area contributed by atoms with E-state index < -0.39 is 10.0 Å². The highest BCUT2D eigenvalue weighted by Gasteiger charge is 2.28. The van der Waals surface area contributed by atoms with Gasteiger partial charge in [0.1, 0.15) is 16.4 Å². The van der Waals surface area contributed by atoms with Crippen LogP contribution in [-0.2, 0) is 15.9 Å². The number of aryl methyl sites for hydroxylation is 1. The summed E-state index contributed by atoms with van der Waals surface area (Å²) in [4.78, 5) is 0.267. The van der Waals surface area contributed by atoms with E-state index in [-0.39, 0.29) is 10.8 Å². The summed E-state index contributed by atoms with van der Waals surface area (Å²) in [6, 6.07) is 1.55. The molecule has 108 valence electrons. The molecule has 1 fully saturated rings. The maximum absolute atomic E-state index is 12.6. The van der Waals surface area contributed by atoms with Crippen molar-refractivity contribution in [3.05, 3.63) is 17.6 Å². The second-order valence-corrected chi connectivity index (χ2v) is 7.11. The molecule has 0 atom stereocenters. The molecule has 0 aliphatic carbocycles. The first-order chi connectivity index (χ1) is 9.05. The predicted molar refractivity (Wildman–Crippen MR) is 74.8 cm³/mol. The molecule has 0 amide bonds. The van der Waals surface area contributed by atoms with E-state index in [1.807, 2.05) is 0 Å². The number of nitrogens with zero attached hydrogens (tertiary/aromatic N) is 1. The largest absolute Gasteiger partial charge is 0.464 e. The molecule has 1 aromatic heterocycles. The third kappa shape index (κ3) is 3.33. The molecule has 1 saturated heterocycles. The summed E-state index contributed by atoms with van der Waals surface area (Å²) in [6.45, 7) is 2.87. The van der Waals surface area contributed by atoms with Gasteiger partial charge in [0.05, 0.1) is 5.88 Å². The monoisotopic (exact) mass is 305 g/mol. The van der Waals surface area contributed by atoms with Crippen LogP contribution in [-0.4, -0.2) is 25.8 Å². The number of hydrogen-bond acceptors (Lipinski definition) is 3. The quantitative estimate of drug-likeness (QED) is 0.805. The van der Waals surface area contributed by atoms with Gasteiger partial charge in [-0.3, -0.25) is 0 Å². The molecule has 0 N–H and O–H groups in total. The molecule has 0 spiro atoms. The number of sulfonamides is 1. The zero-order valence-corrected chi connectivity index (χ0v) is 12.8. The third-order valence-corrected chi connectivity index (χ3v) is 5.76. The first kappa shape index (κ1) is 14.9. The Morgan fingerprint density at radius 1 is 1.21 bits per heavy atom. The molecule has 2 heterocycles. The number of furan rings is 1. The van der Waals surface area contributed by atoms with Gasteiger partial charge >= 0.3 is 0 Å². The predicted octanol–water partition coefficient (Wildman–Crippen LogP) is 3.28. The van der Waals surface area contributed by atoms with Crippen molar-refractivity contribution in [2.24, 2.45) is 0 Å². The molecule has 1 aliphatic rings. The first-order valence-electron chi connectivity index (χ1n) is 6.71. The lowest BCUT2D eigenvalue weighted by molar-refractivity contribution is 0.363. The van der Waals surface area contributed by atoms with Crippen molar-refractivity contribution in [2.45, 2.75) is 49.8 Å². The van der Waals surface area contributed by atoms with Gasteiger partial charge in [0.2, 0.25) is 10.0 Å². The Balaban J connectivity index is 2.26. The Kier molecular flexibility index (Phi) is 4.92. The Hall–Kier alpha value is -0.520. The minimum Gasteiger partial charge on any atom is -0.464 e. The average molecular weight is 306 g/mol. The van der Waals surface area contributed by atoms with Crippen LogP contribution < -0.4 is 0 Å². The Morgan fingerprint density at radius 2 is 1.79 bits per heavy atom. The van der Waals surface area contributed by atoms with Crippen molar-refractivity contribution >= 4 is 21.6 Å². The highest BCUT2D eigenvalue weighted by molar-refractivity contribution is 7.89. The van der Waals surface area contributed by atoms with Gasteiger partial charge < -0.3 is 4.42 Å². The maximum Gasteiger partial charge on any atom is 0.246 e. The van der Waals surface area contributed by atoms with Crippen molar-refractivity contribution in [3.63, 3.8) is 0 Å². The standard InChI is InChI=1S/C13H20ClNO3S/c1-11-13(9-12(10-14)18-11)19(16,17)15-7-5-3-2-4-6-8-15/h9H,2-8,10H2,1H3. The van der Waals surface area contributed by atoms with E-state index in [9.17, 15) is 8.42 Å². The van der Waals surface area contributed by atoms with Gasteiger partial charge in [-0.25, -0.2) is 8.42 Å². The summed E-state index contributed by atoms with van der Waals surface area (Å²) in [5.74, 6) is 1.12. The second kappa shape index (κ2) is 6.29. The van der Waals surface area contributed by atoms with E-state index in [4.69, 9.17) is 16.0 Å². The van der Waals surface area contributed by atoms with Crippen LogP contribution in [0.1, 0.15) is 43.6 Å². The smallest absolute Gasteiger partial charge is 0.246 e. The molecule has 0 saturated carbocycles.